The average molecular weight is 394 g/mol. The SMILES string of the molecule is O=Cc1cc(-c2nc(-c3ccc(N4CC5(CCC5)C4)cc3)cs2)cc(F)c1O. The zero-order chi connectivity index (χ0) is 19.3. The first kappa shape index (κ1) is 17.4. The second-order valence-corrected chi connectivity index (χ2v) is 8.67. The van der Waals surface area contributed by atoms with Crippen molar-refractivity contribution in [2.24, 2.45) is 5.41 Å². The van der Waals surface area contributed by atoms with E-state index in [1.165, 1.54) is 61.5 Å². The van der Waals surface area contributed by atoms with Gasteiger partial charge in [-0.25, -0.2) is 9.37 Å². The van der Waals surface area contributed by atoms with Crippen molar-refractivity contribution in [3.63, 3.8) is 0 Å². The van der Waals surface area contributed by atoms with Crippen molar-refractivity contribution in [1.82, 2.24) is 4.98 Å². The number of nitrogens with zero attached hydrogens (tertiary/aromatic N) is 2. The minimum atomic E-state index is -0.820. The first-order valence-electron chi connectivity index (χ1n) is 9.36. The van der Waals surface area contributed by atoms with Crippen LogP contribution in [0.15, 0.2) is 41.8 Å². The lowest BCUT2D eigenvalue weighted by molar-refractivity contribution is 0.0904. The van der Waals surface area contributed by atoms with Gasteiger partial charge in [0, 0.05) is 40.7 Å². The molecule has 0 radical (unpaired) electrons. The van der Waals surface area contributed by atoms with Gasteiger partial charge in [0.1, 0.15) is 5.01 Å². The fourth-order valence-electron chi connectivity index (χ4n) is 4.15. The smallest absolute Gasteiger partial charge is 0.166 e. The number of phenols is 1. The molecule has 1 aromatic heterocycles. The summed E-state index contributed by atoms with van der Waals surface area (Å²) < 4.78 is 13.8. The number of thiazole rings is 1. The van der Waals surface area contributed by atoms with Crippen LogP contribution in [0.5, 0.6) is 5.75 Å². The number of aromatic hydroxyl groups is 1. The highest BCUT2D eigenvalue weighted by molar-refractivity contribution is 7.13. The summed E-state index contributed by atoms with van der Waals surface area (Å²) in [4.78, 5) is 18.0. The van der Waals surface area contributed by atoms with Crippen molar-refractivity contribution in [3.05, 3.63) is 53.2 Å². The number of anilines is 1. The molecule has 28 heavy (non-hydrogen) atoms. The Kier molecular flexibility index (Phi) is 3.98. The van der Waals surface area contributed by atoms with Gasteiger partial charge in [-0.05, 0) is 37.1 Å². The highest BCUT2D eigenvalue weighted by Gasteiger charge is 2.47. The molecule has 142 valence electrons. The van der Waals surface area contributed by atoms with Crippen LogP contribution in [0.3, 0.4) is 0 Å². The van der Waals surface area contributed by atoms with Gasteiger partial charge in [-0.1, -0.05) is 18.6 Å². The zero-order valence-corrected chi connectivity index (χ0v) is 16.0. The first-order valence-corrected chi connectivity index (χ1v) is 10.2. The van der Waals surface area contributed by atoms with E-state index in [-0.39, 0.29) is 5.56 Å². The van der Waals surface area contributed by atoms with Crippen LogP contribution in [0.25, 0.3) is 21.8 Å². The van der Waals surface area contributed by atoms with Crippen LogP contribution < -0.4 is 4.90 Å². The van der Waals surface area contributed by atoms with E-state index >= 15 is 0 Å². The summed E-state index contributed by atoms with van der Waals surface area (Å²) in [5, 5.41) is 12.1. The molecule has 2 aromatic carbocycles. The standard InChI is InChI=1S/C22H19FN2O2S/c23-18-9-15(8-16(10-26)20(18)27)21-24-19(11-28-21)14-2-4-17(5-3-14)25-12-22(13-25)6-1-7-22/h2-5,8-11,27H,1,6-7,12-13H2. The van der Waals surface area contributed by atoms with Crippen LogP contribution in [0.1, 0.15) is 29.6 Å². The van der Waals surface area contributed by atoms with Crippen LogP contribution in [0, 0.1) is 11.2 Å². The number of carbonyl (C=O) groups excluding carboxylic acids is 1. The molecule has 0 atom stereocenters. The van der Waals surface area contributed by atoms with Crippen molar-refractivity contribution in [2.75, 3.05) is 18.0 Å². The molecular formula is C22H19FN2O2S. The molecule has 1 saturated carbocycles. The van der Waals surface area contributed by atoms with Crippen LogP contribution in [0.2, 0.25) is 0 Å². The van der Waals surface area contributed by atoms with Gasteiger partial charge in [0.05, 0.1) is 11.3 Å². The number of halogens is 1. The predicted molar refractivity (Wildman–Crippen MR) is 108 cm³/mol. The predicted octanol–water partition coefficient (Wildman–Crippen LogP) is 5.12. The average Bonchev–Trinajstić information content (AvgIpc) is 3.12. The molecule has 1 aliphatic heterocycles. The van der Waals surface area contributed by atoms with Gasteiger partial charge in [0.15, 0.2) is 17.9 Å². The minimum absolute atomic E-state index is 0.0742. The summed E-state index contributed by atoms with van der Waals surface area (Å²) in [6, 6.07) is 11.0. The monoisotopic (exact) mass is 394 g/mol. The second-order valence-electron chi connectivity index (χ2n) is 7.81. The Balaban J connectivity index is 1.36. The second kappa shape index (κ2) is 6.41. The van der Waals surface area contributed by atoms with E-state index in [2.05, 4.69) is 34.1 Å². The largest absolute Gasteiger partial charge is 0.504 e. The molecule has 2 fully saturated rings. The van der Waals surface area contributed by atoms with Crippen molar-refractivity contribution >= 4 is 23.3 Å². The Morgan fingerprint density at radius 3 is 2.54 bits per heavy atom. The van der Waals surface area contributed by atoms with Gasteiger partial charge in [-0.3, -0.25) is 4.79 Å². The van der Waals surface area contributed by atoms with Crippen molar-refractivity contribution in [3.8, 4) is 27.6 Å². The van der Waals surface area contributed by atoms with Gasteiger partial charge >= 0.3 is 0 Å². The lowest BCUT2D eigenvalue weighted by atomic mass is 9.63. The molecule has 4 nitrogen and oxygen atoms in total. The quantitative estimate of drug-likeness (QED) is 0.624. The van der Waals surface area contributed by atoms with E-state index in [4.69, 9.17) is 0 Å². The summed E-state index contributed by atoms with van der Waals surface area (Å²) in [5.41, 5.74) is 4.06. The number of benzene rings is 2. The Bertz CT molecular complexity index is 1050. The molecule has 0 bridgehead atoms. The Labute approximate surface area is 166 Å². The number of rotatable bonds is 4. The number of hydrogen-bond donors (Lipinski definition) is 1. The molecule has 0 amide bonds. The van der Waals surface area contributed by atoms with E-state index in [1.807, 2.05) is 5.38 Å². The molecule has 1 N–H and O–H groups in total. The molecule has 1 aliphatic carbocycles. The van der Waals surface area contributed by atoms with E-state index < -0.39 is 11.6 Å². The van der Waals surface area contributed by atoms with E-state index in [0.717, 1.165) is 11.3 Å². The Morgan fingerprint density at radius 2 is 1.89 bits per heavy atom. The maximum atomic E-state index is 13.8. The summed E-state index contributed by atoms with van der Waals surface area (Å²) >= 11 is 1.38. The van der Waals surface area contributed by atoms with Crippen LogP contribution >= 0.6 is 11.3 Å². The normalized spacial score (nSPS) is 17.2. The number of carbonyl (C=O) groups is 1. The van der Waals surface area contributed by atoms with Crippen molar-refractivity contribution in [1.29, 1.82) is 0 Å². The van der Waals surface area contributed by atoms with Crippen molar-refractivity contribution < 1.29 is 14.3 Å². The third kappa shape index (κ3) is 2.79. The Morgan fingerprint density at radius 1 is 1.14 bits per heavy atom. The number of aromatic nitrogens is 1. The molecule has 1 saturated heterocycles. The first-order chi connectivity index (χ1) is 13.6. The maximum Gasteiger partial charge on any atom is 0.166 e. The topological polar surface area (TPSA) is 53.4 Å². The molecule has 0 unspecified atom stereocenters. The third-order valence-corrected chi connectivity index (χ3v) is 6.86. The fraction of sp³-hybridized carbons (Fsp3) is 0.273. The van der Waals surface area contributed by atoms with Crippen molar-refractivity contribution in [2.45, 2.75) is 19.3 Å². The molecule has 5 rings (SSSR count). The van der Waals surface area contributed by atoms with Crippen LogP contribution in [0.4, 0.5) is 10.1 Å². The lowest BCUT2D eigenvalue weighted by Crippen LogP contribution is -2.59. The summed E-state index contributed by atoms with van der Waals surface area (Å²) in [5.74, 6) is -1.44. The molecule has 2 heterocycles. The Hall–Kier alpha value is -2.73. The molecule has 3 aromatic rings. The molecular weight excluding hydrogens is 375 g/mol. The summed E-state index contributed by atoms with van der Waals surface area (Å²) in [7, 11) is 0. The fourth-order valence-corrected chi connectivity index (χ4v) is 4.97. The maximum absolute atomic E-state index is 13.8. The van der Waals surface area contributed by atoms with Crippen LogP contribution in [-0.2, 0) is 0 Å². The van der Waals surface area contributed by atoms with Gasteiger partial charge in [-0.2, -0.15) is 0 Å². The van der Waals surface area contributed by atoms with Crippen LogP contribution in [-0.4, -0.2) is 29.5 Å². The van der Waals surface area contributed by atoms with Gasteiger partial charge in [0.25, 0.3) is 0 Å². The van der Waals surface area contributed by atoms with Gasteiger partial charge in [-0.15, -0.1) is 11.3 Å². The molecule has 2 aliphatic rings. The summed E-state index contributed by atoms with van der Waals surface area (Å²) in [6.45, 7) is 2.33. The van der Waals surface area contributed by atoms with Gasteiger partial charge < -0.3 is 10.0 Å². The van der Waals surface area contributed by atoms with Gasteiger partial charge in [0.2, 0.25) is 0 Å². The number of hydrogen-bond acceptors (Lipinski definition) is 5. The third-order valence-electron chi connectivity index (χ3n) is 5.97. The minimum Gasteiger partial charge on any atom is -0.504 e. The summed E-state index contributed by atoms with van der Waals surface area (Å²) in [6.07, 6.45) is 4.55. The molecule has 1 spiro atoms. The van der Waals surface area contributed by atoms with E-state index in [0.29, 0.717) is 22.3 Å². The van der Waals surface area contributed by atoms with E-state index in [9.17, 15) is 14.3 Å². The van der Waals surface area contributed by atoms with E-state index in [1.54, 1.807) is 0 Å². The molecule has 6 heteroatoms. The number of phenolic OH excluding ortho intramolecular Hbond substituents is 1. The number of aldehydes is 1. The highest BCUT2D eigenvalue weighted by Crippen LogP contribution is 2.49. The zero-order valence-electron chi connectivity index (χ0n) is 15.2. The highest BCUT2D eigenvalue weighted by atomic mass is 32.1. The lowest BCUT2D eigenvalue weighted by Gasteiger charge is -2.57.